The highest BCUT2D eigenvalue weighted by molar-refractivity contribution is 5.94. The molecule has 2 aromatic carbocycles. The van der Waals surface area contributed by atoms with E-state index in [1.807, 2.05) is 0 Å². The maximum absolute atomic E-state index is 13.7. The van der Waals surface area contributed by atoms with E-state index in [9.17, 15) is 22.8 Å². The third-order valence-corrected chi connectivity index (χ3v) is 4.32. The molecule has 26 heavy (non-hydrogen) atoms. The number of halogens is 3. The molecule has 4 nitrogen and oxygen atoms in total. The first kappa shape index (κ1) is 18.0. The van der Waals surface area contributed by atoms with Crippen LogP contribution in [0.25, 0.3) is 0 Å². The number of carbonyl (C=O) groups is 2. The lowest BCUT2D eigenvalue weighted by molar-refractivity contribution is -0.131. The predicted molar refractivity (Wildman–Crippen MR) is 88.9 cm³/mol. The first-order valence-corrected chi connectivity index (χ1v) is 8.20. The van der Waals surface area contributed by atoms with E-state index in [0.29, 0.717) is 5.56 Å². The zero-order chi connectivity index (χ0) is 18.7. The molecule has 0 aliphatic carbocycles. The Balaban J connectivity index is 1.59. The molecule has 3 rings (SSSR count). The van der Waals surface area contributed by atoms with Crippen molar-refractivity contribution in [3.63, 3.8) is 0 Å². The molecule has 1 heterocycles. The molecule has 0 unspecified atom stereocenters. The number of amides is 2. The van der Waals surface area contributed by atoms with Crippen molar-refractivity contribution in [1.82, 2.24) is 9.80 Å². The molecule has 1 saturated heterocycles. The smallest absolute Gasteiger partial charge is 0.257 e. The fourth-order valence-electron chi connectivity index (χ4n) is 2.92. The lowest BCUT2D eigenvalue weighted by atomic mass is 10.1. The molecule has 0 radical (unpaired) electrons. The van der Waals surface area contributed by atoms with Gasteiger partial charge in [0.1, 0.15) is 17.5 Å². The van der Waals surface area contributed by atoms with E-state index in [1.54, 1.807) is 17.0 Å². The second-order valence-electron chi connectivity index (χ2n) is 6.10. The summed E-state index contributed by atoms with van der Waals surface area (Å²) in [5, 5.41) is 0. The third-order valence-electron chi connectivity index (χ3n) is 4.32. The van der Waals surface area contributed by atoms with Crippen molar-refractivity contribution in [2.24, 2.45) is 0 Å². The van der Waals surface area contributed by atoms with Gasteiger partial charge in [0.2, 0.25) is 5.91 Å². The van der Waals surface area contributed by atoms with Crippen LogP contribution < -0.4 is 0 Å². The molecular weight excluding hydrogens is 345 g/mol. The van der Waals surface area contributed by atoms with Gasteiger partial charge in [-0.2, -0.15) is 0 Å². The first-order chi connectivity index (χ1) is 12.4. The molecule has 0 saturated carbocycles. The predicted octanol–water partition coefficient (Wildman–Crippen LogP) is 2.63. The normalized spacial score (nSPS) is 14.4. The Kier molecular flexibility index (Phi) is 5.25. The highest BCUT2D eigenvalue weighted by Gasteiger charge is 2.26. The quantitative estimate of drug-likeness (QED) is 0.842. The van der Waals surface area contributed by atoms with E-state index in [-0.39, 0.29) is 44.1 Å². The fourth-order valence-corrected chi connectivity index (χ4v) is 2.92. The van der Waals surface area contributed by atoms with Gasteiger partial charge in [-0.25, -0.2) is 13.2 Å². The molecule has 136 valence electrons. The molecule has 0 N–H and O–H groups in total. The van der Waals surface area contributed by atoms with Crippen LogP contribution in [0.1, 0.15) is 15.9 Å². The summed E-state index contributed by atoms with van der Waals surface area (Å²) in [7, 11) is 0. The average molecular weight is 362 g/mol. The van der Waals surface area contributed by atoms with Crippen LogP contribution in [-0.2, 0) is 11.2 Å². The van der Waals surface area contributed by atoms with Crippen LogP contribution in [0.2, 0.25) is 0 Å². The number of carbonyl (C=O) groups excluding carboxylic acids is 2. The minimum atomic E-state index is -0.777. The van der Waals surface area contributed by atoms with E-state index in [4.69, 9.17) is 0 Å². The number of hydrogen-bond donors (Lipinski definition) is 0. The number of benzene rings is 2. The van der Waals surface area contributed by atoms with E-state index in [2.05, 4.69) is 0 Å². The first-order valence-electron chi connectivity index (χ1n) is 8.20. The van der Waals surface area contributed by atoms with Gasteiger partial charge in [0.05, 0.1) is 12.0 Å². The van der Waals surface area contributed by atoms with Gasteiger partial charge in [-0.1, -0.05) is 12.1 Å². The Labute approximate surface area is 148 Å². The summed E-state index contributed by atoms with van der Waals surface area (Å²) in [6.07, 6.45) is 0.0736. The van der Waals surface area contributed by atoms with Gasteiger partial charge in [0.15, 0.2) is 0 Å². The lowest BCUT2D eigenvalue weighted by Gasteiger charge is -2.35. The zero-order valence-electron chi connectivity index (χ0n) is 13.9. The molecule has 2 aromatic rings. The van der Waals surface area contributed by atoms with Crippen molar-refractivity contribution in [2.75, 3.05) is 26.2 Å². The second-order valence-corrected chi connectivity index (χ2v) is 6.10. The Bertz CT molecular complexity index is 833. The molecule has 0 aromatic heterocycles. The SMILES string of the molecule is O=C(Cc1cccc(F)c1)N1CCN(C(=O)c2cc(F)ccc2F)CC1. The summed E-state index contributed by atoms with van der Waals surface area (Å²) in [6, 6.07) is 8.58. The Morgan fingerprint density at radius 1 is 0.846 bits per heavy atom. The minimum Gasteiger partial charge on any atom is -0.339 e. The van der Waals surface area contributed by atoms with Crippen molar-refractivity contribution in [2.45, 2.75) is 6.42 Å². The summed E-state index contributed by atoms with van der Waals surface area (Å²) in [6.45, 7) is 1.03. The lowest BCUT2D eigenvalue weighted by Crippen LogP contribution is -2.51. The van der Waals surface area contributed by atoms with Crippen molar-refractivity contribution in [3.05, 3.63) is 71.0 Å². The largest absolute Gasteiger partial charge is 0.339 e. The van der Waals surface area contributed by atoms with E-state index < -0.39 is 23.4 Å². The molecule has 0 spiro atoms. The number of rotatable bonds is 3. The number of hydrogen-bond acceptors (Lipinski definition) is 2. The highest BCUT2D eigenvalue weighted by atomic mass is 19.1. The minimum absolute atomic E-state index is 0.0736. The number of piperazine rings is 1. The van der Waals surface area contributed by atoms with Gasteiger partial charge >= 0.3 is 0 Å². The molecule has 1 aliphatic rings. The Morgan fingerprint density at radius 3 is 2.19 bits per heavy atom. The number of nitrogens with zero attached hydrogens (tertiary/aromatic N) is 2. The third kappa shape index (κ3) is 4.04. The maximum atomic E-state index is 13.7. The molecule has 0 atom stereocenters. The average Bonchev–Trinajstić information content (AvgIpc) is 2.63. The van der Waals surface area contributed by atoms with Crippen LogP contribution in [0.15, 0.2) is 42.5 Å². The van der Waals surface area contributed by atoms with Crippen LogP contribution >= 0.6 is 0 Å². The highest BCUT2D eigenvalue weighted by Crippen LogP contribution is 2.15. The monoisotopic (exact) mass is 362 g/mol. The van der Waals surface area contributed by atoms with Crippen LogP contribution in [0.5, 0.6) is 0 Å². The summed E-state index contributed by atoms with van der Waals surface area (Å²) in [5.41, 5.74) is 0.264. The Hall–Kier alpha value is -2.83. The zero-order valence-corrected chi connectivity index (χ0v) is 13.9. The summed E-state index contributed by atoms with van der Waals surface area (Å²) in [5.74, 6) is -2.62. The molecule has 1 aliphatic heterocycles. The molecule has 1 fully saturated rings. The van der Waals surface area contributed by atoms with Crippen LogP contribution in [0, 0.1) is 17.5 Å². The molecule has 7 heteroatoms. The van der Waals surface area contributed by atoms with Gasteiger partial charge < -0.3 is 9.80 Å². The van der Waals surface area contributed by atoms with Gasteiger partial charge in [-0.15, -0.1) is 0 Å². The van der Waals surface area contributed by atoms with Crippen molar-refractivity contribution < 1.29 is 22.8 Å². The second kappa shape index (κ2) is 7.59. The topological polar surface area (TPSA) is 40.6 Å². The summed E-state index contributed by atoms with van der Waals surface area (Å²) < 4.78 is 40.2. The van der Waals surface area contributed by atoms with Gasteiger partial charge in [0, 0.05) is 26.2 Å². The molecule has 0 bridgehead atoms. The van der Waals surface area contributed by atoms with E-state index in [0.717, 1.165) is 18.2 Å². The standard InChI is InChI=1S/C19H17F3N2O2/c20-14-3-1-2-13(10-14)11-18(25)23-6-8-24(9-7-23)19(26)16-12-15(21)4-5-17(16)22/h1-5,10,12H,6-9,11H2. The van der Waals surface area contributed by atoms with Crippen LogP contribution in [0.3, 0.4) is 0 Å². The van der Waals surface area contributed by atoms with Gasteiger partial charge in [-0.05, 0) is 35.9 Å². The van der Waals surface area contributed by atoms with E-state index >= 15 is 0 Å². The summed E-state index contributed by atoms with van der Waals surface area (Å²) in [4.78, 5) is 27.6. The van der Waals surface area contributed by atoms with Gasteiger partial charge in [0.25, 0.3) is 5.91 Å². The fraction of sp³-hybridized carbons (Fsp3) is 0.263. The molecule has 2 amide bonds. The van der Waals surface area contributed by atoms with Gasteiger partial charge in [-0.3, -0.25) is 9.59 Å². The van der Waals surface area contributed by atoms with Crippen LogP contribution in [-0.4, -0.2) is 47.8 Å². The van der Waals surface area contributed by atoms with Crippen molar-refractivity contribution in [1.29, 1.82) is 0 Å². The van der Waals surface area contributed by atoms with Crippen molar-refractivity contribution >= 4 is 11.8 Å². The van der Waals surface area contributed by atoms with Crippen molar-refractivity contribution in [3.8, 4) is 0 Å². The van der Waals surface area contributed by atoms with Crippen LogP contribution in [0.4, 0.5) is 13.2 Å². The summed E-state index contributed by atoms with van der Waals surface area (Å²) >= 11 is 0. The van der Waals surface area contributed by atoms with E-state index in [1.165, 1.54) is 17.0 Å². The molecular formula is C19H17F3N2O2. The maximum Gasteiger partial charge on any atom is 0.257 e. The Morgan fingerprint density at radius 2 is 1.50 bits per heavy atom.